The zero-order chi connectivity index (χ0) is 18.4. The van der Waals surface area contributed by atoms with Gasteiger partial charge in [-0.15, -0.1) is 0 Å². The Labute approximate surface area is 154 Å². The molecule has 1 unspecified atom stereocenters. The number of piperidine rings is 1. The molecule has 1 aliphatic heterocycles. The van der Waals surface area contributed by atoms with E-state index in [4.69, 9.17) is 9.47 Å². The molecule has 1 aromatic heterocycles. The van der Waals surface area contributed by atoms with Gasteiger partial charge < -0.3 is 19.7 Å². The molecule has 138 valence electrons. The van der Waals surface area contributed by atoms with Crippen LogP contribution in [0.15, 0.2) is 42.7 Å². The van der Waals surface area contributed by atoms with Crippen LogP contribution >= 0.6 is 0 Å². The third-order valence-electron chi connectivity index (χ3n) is 4.61. The van der Waals surface area contributed by atoms with Crippen molar-refractivity contribution in [1.29, 1.82) is 0 Å². The summed E-state index contributed by atoms with van der Waals surface area (Å²) in [5, 5.41) is 3.51. The number of nitrogens with one attached hydrogen (secondary N) is 1. The van der Waals surface area contributed by atoms with E-state index < -0.39 is 0 Å². The normalized spacial score (nSPS) is 16.8. The number of aromatic nitrogens is 1. The van der Waals surface area contributed by atoms with E-state index in [9.17, 15) is 4.79 Å². The van der Waals surface area contributed by atoms with E-state index in [0.29, 0.717) is 24.5 Å². The van der Waals surface area contributed by atoms with Crippen molar-refractivity contribution in [3.63, 3.8) is 0 Å². The summed E-state index contributed by atoms with van der Waals surface area (Å²) in [4.78, 5) is 18.6. The van der Waals surface area contributed by atoms with Crippen LogP contribution in [0.3, 0.4) is 0 Å². The second-order valence-electron chi connectivity index (χ2n) is 6.43. The molecule has 0 spiro atoms. The van der Waals surface area contributed by atoms with Gasteiger partial charge in [-0.3, -0.25) is 9.78 Å². The maximum absolute atomic E-state index is 12.6. The number of likely N-dealkylation sites (tertiary alicyclic amines) is 1. The molecule has 0 saturated carbocycles. The summed E-state index contributed by atoms with van der Waals surface area (Å²) in [5.41, 5.74) is 1.92. The number of benzene rings is 1. The summed E-state index contributed by atoms with van der Waals surface area (Å²) in [6.45, 7) is 1.51. The molecular weight excluding hydrogens is 330 g/mol. The van der Waals surface area contributed by atoms with Gasteiger partial charge >= 0.3 is 0 Å². The molecule has 1 saturated heterocycles. The van der Waals surface area contributed by atoms with Crippen molar-refractivity contribution in [3.05, 3.63) is 48.3 Å². The number of anilines is 1. The summed E-state index contributed by atoms with van der Waals surface area (Å²) in [6.07, 6.45) is 5.89. The van der Waals surface area contributed by atoms with Gasteiger partial charge in [0.15, 0.2) is 11.5 Å². The minimum Gasteiger partial charge on any atom is -0.493 e. The van der Waals surface area contributed by atoms with Gasteiger partial charge in [0.1, 0.15) is 0 Å². The third kappa shape index (κ3) is 4.45. The molecule has 0 aliphatic carbocycles. The Bertz CT molecular complexity index is 736. The van der Waals surface area contributed by atoms with Crippen molar-refractivity contribution in [3.8, 4) is 11.5 Å². The average molecular weight is 355 g/mol. The maximum Gasteiger partial charge on any atom is 0.227 e. The van der Waals surface area contributed by atoms with Crippen molar-refractivity contribution in [2.45, 2.75) is 25.3 Å². The number of rotatable bonds is 6. The monoisotopic (exact) mass is 355 g/mol. The van der Waals surface area contributed by atoms with Crippen LogP contribution in [0, 0.1) is 0 Å². The van der Waals surface area contributed by atoms with Crippen molar-refractivity contribution >= 4 is 11.6 Å². The average Bonchev–Trinajstić information content (AvgIpc) is 2.69. The van der Waals surface area contributed by atoms with Gasteiger partial charge in [0, 0.05) is 43.3 Å². The lowest BCUT2D eigenvalue weighted by molar-refractivity contribution is -0.131. The topological polar surface area (TPSA) is 63.7 Å². The first-order valence-corrected chi connectivity index (χ1v) is 8.85. The first-order chi connectivity index (χ1) is 12.7. The number of carbonyl (C=O) groups excluding carboxylic acids is 1. The number of ether oxygens (including phenoxy) is 2. The predicted octanol–water partition coefficient (Wildman–Crippen LogP) is 2.74. The van der Waals surface area contributed by atoms with Crippen molar-refractivity contribution in [1.82, 2.24) is 9.88 Å². The number of carbonyl (C=O) groups is 1. The summed E-state index contributed by atoms with van der Waals surface area (Å²) < 4.78 is 10.6. The Balaban J connectivity index is 1.60. The molecule has 1 atom stereocenters. The van der Waals surface area contributed by atoms with Gasteiger partial charge in [-0.25, -0.2) is 0 Å². The smallest absolute Gasteiger partial charge is 0.227 e. The van der Waals surface area contributed by atoms with Gasteiger partial charge in [0.2, 0.25) is 5.91 Å². The molecule has 2 heterocycles. The van der Waals surface area contributed by atoms with Crippen LogP contribution in [-0.4, -0.2) is 49.1 Å². The molecule has 1 N–H and O–H groups in total. The van der Waals surface area contributed by atoms with Gasteiger partial charge in [-0.05, 0) is 36.6 Å². The molecule has 3 rings (SSSR count). The minimum absolute atomic E-state index is 0.150. The van der Waals surface area contributed by atoms with E-state index in [1.54, 1.807) is 26.6 Å². The van der Waals surface area contributed by atoms with Gasteiger partial charge in [-0.2, -0.15) is 0 Å². The fourth-order valence-electron chi connectivity index (χ4n) is 3.27. The van der Waals surface area contributed by atoms with Crippen LogP contribution in [-0.2, 0) is 11.2 Å². The van der Waals surface area contributed by atoms with E-state index in [1.807, 2.05) is 35.2 Å². The number of methoxy groups -OCH3 is 2. The summed E-state index contributed by atoms with van der Waals surface area (Å²) in [7, 11) is 3.25. The lowest BCUT2D eigenvalue weighted by atomic mass is 10.0. The first kappa shape index (κ1) is 18.0. The molecule has 6 heteroatoms. The molecule has 2 aromatic rings. The lowest BCUT2D eigenvalue weighted by Crippen LogP contribution is -2.45. The van der Waals surface area contributed by atoms with E-state index in [2.05, 4.69) is 10.3 Å². The molecule has 26 heavy (non-hydrogen) atoms. The molecule has 1 aliphatic rings. The second-order valence-corrected chi connectivity index (χ2v) is 6.43. The molecule has 1 aromatic carbocycles. The number of pyridine rings is 1. The van der Waals surface area contributed by atoms with Crippen LogP contribution in [0.25, 0.3) is 0 Å². The molecule has 0 bridgehead atoms. The Morgan fingerprint density at radius 3 is 2.85 bits per heavy atom. The highest BCUT2D eigenvalue weighted by atomic mass is 16.5. The summed E-state index contributed by atoms with van der Waals surface area (Å²) >= 11 is 0. The summed E-state index contributed by atoms with van der Waals surface area (Å²) in [5.74, 6) is 1.55. The van der Waals surface area contributed by atoms with Gasteiger partial charge in [-0.1, -0.05) is 6.07 Å². The fourth-order valence-corrected chi connectivity index (χ4v) is 3.27. The minimum atomic E-state index is 0.150. The zero-order valence-corrected chi connectivity index (χ0v) is 15.3. The molecular formula is C20H25N3O3. The third-order valence-corrected chi connectivity index (χ3v) is 4.61. The maximum atomic E-state index is 12.6. The standard InChI is InChI=1S/C20H25N3O3/c1-25-18-8-7-16(12-19(18)26-2)22-17-6-4-10-23(14-17)20(24)11-15-5-3-9-21-13-15/h3,5,7-9,12-13,17,22H,4,6,10-11,14H2,1-2H3. The van der Waals surface area contributed by atoms with Crippen LogP contribution in [0.4, 0.5) is 5.69 Å². The predicted molar refractivity (Wildman–Crippen MR) is 101 cm³/mol. The van der Waals surface area contributed by atoms with E-state index >= 15 is 0 Å². The highest BCUT2D eigenvalue weighted by Crippen LogP contribution is 2.30. The Morgan fingerprint density at radius 2 is 2.12 bits per heavy atom. The Hall–Kier alpha value is -2.76. The number of nitrogens with zero attached hydrogens (tertiary/aromatic N) is 2. The quantitative estimate of drug-likeness (QED) is 0.863. The van der Waals surface area contributed by atoms with Crippen molar-refractivity contribution in [2.24, 2.45) is 0 Å². The van der Waals surface area contributed by atoms with Crippen LogP contribution in [0.2, 0.25) is 0 Å². The lowest BCUT2D eigenvalue weighted by Gasteiger charge is -2.34. The van der Waals surface area contributed by atoms with Gasteiger partial charge in [0.25, 0.3) is 0 Å². The SMILES string of the molecule is COc1ccc(NC2CCCN(C(=O)Cc3cccnc3)C2)cc1OC. The van der Waals surface area contributed by atoms with Crippen molar-refractivity contribution in [2.75, 3.05) is 32.6 Å². The number of amides is 1. The Morgan fingerprint density at radius 1 is 1.27 bits per heavy atom. The molecule has 0 radical (unpaired) electrons. The first-order valence-electron chi connectivity index (χ1n) is 8.85. The van der Waals surface area contributed by atoms with Crippen LogP contribution in [0.5, 0.6) is 11.5 Å². The van der Waals surface area contributed by atoms with Crippen LogP contribution in [0.1, 0.15) is 18.4 Å². The zero-order valence-electron chi connectivity index (χ0n) is 15.3. The van der Waals surface area contributed by atoms with Crippen LogP contribution < -0.4 is 14.8 Å². The molecule has 1 amide bonds. The van der Waals surface area contributed by atoms with E-state index in [0.717, 1.165) is 30.6 Å². The number of hydrogen-bond acceptors (Lipinski definition) is 5. The number of hydrogen-bond donors (Lipinski definition) is 1. The molecule has 1 fully saturated rings. The largest absolute Gasteiger partial charge is 0.493 e. The van der Waals surface area contributed by atoms with E-state index in [-0.39, 0.29) is 11.9 Å². The second kappa shape index (κ2) is 8.56. The van der Waals surface area contributed by atoms with Crippen molar-refractivity contribution < 1.29 is 14.3 Å². The highest BCUT2D eigenvalue weighted by Gasteiger charge is 2.23. The molecule has 6 nitrogen and oxygen atoms in total. The van der Waals surface area contributed by atoms with E-state index in [1.165, 1.54) is 0 Å². The highest BCUT2D eigenvalue weighted by molar-refractivity contribution is 5.78. The van der Waals surface area contributed by atoms with Gasteiger partial charge in [0.05, 0.1) is 20.6 Å². The Kier molecular flexibility index (Phi) is 5.94. The fraction of sp³-hybridized carbons (Fsp3) is 0.400. The summed E-state index contributed by atoms with van der Waals surface area (Å²) in [6, 6.07) is 9.80.